The smallest absolute Gasteiger partial charge is 0.249 e. The Morgan fingerprint density at radius 3 is 2.62 bits per heavy atom. The number of carbonyl (C=O) groups is 1. The lowest BCUT2D eigenvalue weighted by Crippen LogP contribution is -2.38. The van der Waals surface area contributed by atoms with Gasteiger partial charge in [-0.25, -0.2) is 17.7 Å². The van der Waals surface area contributed by atoms with Crippen LogP contribution < -0.4 is 4.90 Å². The summed E-state index contributed by atoms with van der Waals surface area (Å²) in [5.41, 5.74) is 3.16. The number of piperidine rings is 1. The van der Waals surface area contributed by atoms with Crippen molar-refractivity contribution in [3.8, 4) is 11.3 Å². The van der Waals surface area contributed by atoms with Crippen LogP contribution in [0.25, 0.3) is 33.2 Å². The molecule has 37 heavy (non-hydrogen) atoms. The Labute approximate surface area is 214 Å². The molecule has 0 atom stereocenters. The lowest BCUT2D eigenvalue weighted by molar-refractivity contribution is 0.0852. The first kappa shape index (κ1) is 24.0. The van der Waals surface area contributed by atoms with E-state index in [-0.39, 0.29) is 18.2 Å². The predicted octanol–water partition coefficient (Wildman–Crippen LogP) is 2.51. The largest absolute Gasteiger partial charge is 0.378 e. The van der Waals surface area contributed by atoms with Crippen molar-refractivity contribution >= 4 is 43.8 Å². The van der Waals surface area contributed by atoms with Crippen molar-refractivity contribution in [2.75, 3.05) is 50.5 Å². The molecule has 2 aliphatic heterocycles. The van der Waals surface area contributed by atoms with Crippen molar-refractivity contribution in [1.29, 1.82) is 0 Å². The topological polar surface area (TPSA) is 126 Å². The average Bonchev–Trinajstić information content (AvgIpc) is 3.56. The number of nitrogens with zero attached hydrogens (tertiary/aromatic N) is 6. The lowest BCUT2D eigenvalue weighted by Gasteiger charge is -2.29. The maximum atomic E-state index is 13.4. The van der Waals surface area contributed by atoms with Gasteiger partial charge in [-0.3, -0.25) is 4.79 Å². The number of benzene rings is 1. The Morgan fingerprint density at radius 2 is 1.86 bits per heavy atom. The number of nitrogens with one attached hydrogen (secondary N) is 1. The van der Waals surface area contributed by atoms with E-state index in [0.717, 1.165) is 22.2 Å². The van der Waals surface area contributed by atoms with Gasteiger partial charge in [0.05, 0.1) is 36.7 Å². The number of fused-ring (bicyclic) bond motifs is 2. The standard InChI is InChI=1S/C25H29N7O4S/c1-37(34,35)31-9-6-17(7-10-31)15-22(33)32-24-20(16-27-32)23(19-3-2-4-21-18(19)5-8-26-21)28-25(29-24)30-11-13-36-14-12-30/h2-5,8,16-17,26H,6-7,9-15H2,1H3. The molecule has 194 valence electrons. The van der Waals surface area contributed by atoms with E-state index in [1.54, 1.807) is 6.20 Å². The molecule has 12 heteroatoms. The number of H-pyrrole nitrogens is 1. The highest BCUT2D eigenvalue weighted by atomic mass is 32.2. The summed E-state index contributed by atoms with van der Waals surface area (Å²) < 4.78 is 32.1. The average molecular weight is 524 g/mol. The number of hydrogen-bond acceptors (Lipinski definition) is 8. The van der Waals surface area contributed by atoms with Crippen LogP contribution in [-0.2, 0) is 14.8 Å². The first-order valence-corrected chi connectivity index (χ1v) is 14.4. The Hall–Kier alpha value is -3.35. The number of rotatable bonds is 5. The van der Waals surface area contributed by atoms with E-state index >= 15 is 0 Å². The number of ether oxygens (including phenoxy) is 1. The highest BCUT2D eigenvalue weighted by molar-refractivity contribution is 7.88. The first-order chi connectivity index (χ1) is 17.9. The van der Waals surface area contributed by atoms with Crippen molar-refractivity contribution in [3.63, 3.8) is 0 Å². The molecule has 4 aromatic rings. The summed E-state index contributed by atoms with van der Waals surface area (Å²) in [6.45, 7) is 3.39. The number of anilines is 1. The van der Waals surface area contributed by atoms with Crippen molar-refractivity contribution in [2.24, 2.45) is 5.92 Å². The molecule has 0 unspecified atom stereocenters. The molecule has 2 aliphatic rings. The minimum absolute atomic E-state index is 0.0957. The van der Waals surface area contributed by atoms with Crippen LogP contribution in [0.4, 0.5) is 5.95 Å². The Kier molecular flexibility index (Phi) is 6.17. The van der Waals surface area contributed by atoms with Gasteiger partial charge < -0.3 is 14.6 Å². The van der Waals surface area contributed by atoms with Crippen molar-refractivity contribution < 1.29 is 17.9 Å². The minimum atomic E-state index is -3.21. The summed E-state index contributed by atoms with van der Waals surface area (Å²) >= 11 is 0. The number of morpholine rings is 1. The molecule has 0 radical (unpaired) electrons. The van der Waals surface area contributed by atoms with Crippen LogP contribution in [0.1, 0.15) is 24.1 Å². The number of carbonyl (C=O) groups excluding carboxylic acids is 1. The van der Waals surface area contributed by atoms with Gasteiger partial charge in [-0.05, 0) is 30.9 Å². The van der Waals surface area contributed by atoms with Gasteiger partial charge >= 0.3 is 0 Å². The van der Waals surface area contributed by atoms with Gasteiger partial charge in [-0.2, -0.15) is 14.8 Å². The van der Waals surface area contributed by atoms with Crippen LogP contribution in [0.15, 0.2) is 36.7 Å². The van der Waals surface area contributed by atoms with Gasteiger partial charge in [-0.1, -0.05) is 12.1 Å². The third-order valence-corrected chi connectivity index (χ3v) is 8.61. The normalized spacial score (nSPS) is 18.1. The minimum Gasteiger partial charge on any atom is -0.378 e. The van der Waals surface area contributed by atoms with Crippen LogP contribution in [-0.4, -0.2) is 89.0 Å². The second kappa shape index (κ2) is 9.51. The van der Waals surface area contributed by atoms with Gasteiger partial charge in [0.2, 0.25) is 21.9 Å². The first-order valence-electron chi connectivity index (χ1n) is 12.5. The number of aromatic nitrogens is 5. The molecule has 11 nitrogen and oxygen atoms in total. The fraction of sp³-hybridized carbons (Fsp3) is 0.440. The Bertz CT molecular complexity index is 1560. The number of sulfonamides is 1. The van der Waals surface area contributed by atoms with Crippen LogP contribution in [0.3, 0.4) is 0 Å². The third-order valence-electron chi connectivity index (χ3n) is 7.30. The van der Waals surface area contributed by atoms with E-state index in [0.29, 0.717) is 69.2 Å². The summed E-state index contributed by atoms with van der Waals surface area (Å²) in [7, 11) is -3.21. The van der Waals surface area contributed by atoms with Gasteiger partial charge in [-0.15, -0.1) is 0 Å². The Balaban J connectivity index is 1.37. The summed E-state index contributed by atoms with van der Waals surface area (Å²) in [4.78, 5) is 28.5. The highest BCUT2D eigenvalue weighted by Crippen LogP contribution is 2.33. The molecular weight excluding hydrogens is 494 g/mol. The number of hydrogen-bond donors (Lipinski definition) is 1. The molecule has 0 bridgehead atoms. The monoisotopic (exact) mass is 523 g/mol. The summed E-state index contributed by atoms with van der Waals surface area (Å²) in [6.07, 6.45) is 6.38. The zero-order valence-electron chi connectivity index (χ0n) is 20.6. The molecule has 5 heterocycles. The van der Waals surface area contributed by atoms with Crippen LogP contribution in [0.5, 0.6) is 0 Å². The summed E-state index contributed by atoms with van der Waals surface area (Å²) in [6, 6.07) is 8.04. The van der Waals surface area contributed by atoms with Gasteiger partial charge in [0.25, 0.3) is 0 Å². The Morgan fingerprint density at radius 1 is 1.08 bits per heavy atom. The van der Waals surface area contributed by atoms with E-state index < -0.39 is 10.0 Å². The van der Waals surface area contributed by atoms with Crippen molar-refractivity contribution in [3.05, 3.63) is 36.7 Å². The zero-order valence-corrected chi connectivity index (χ0v) is 21.4. The fourth-order valence-corrected chi connectivity index (χ4v) is 6.13. The maximum absolute atomic E-state index is 13.4. The molecule has 0 saturated carbocycles. The van der Waals surface area contributed by atoms with Crippen LogP contribution >= 0.6 is 0 Å². The van der Waals surface area contributed by atoms with Crippen LogP contribution in [0, 0.1) is 5.92 Å². The molecule has 0 aliphatic carbocycles. The summed E-state index contributed by atoms with van der Waals surface area (Å²) in [5, 5.41) is 6.21. The molecule has 0 spiro atoms. The van der Waals surface area contributed by atoms with E-state index in [9.17, 15) is 13.2 Å². The van der Waals surface area contributed by atoms with Gasteiger partial charge in [0, 0.05) is 55.3 Å². The molecule has 3 aromatic heterocycles. The highest BCUT2D eigenvalue weighted by Gasteiger charge is 2.28. The molecule has 1 aromatic carbocycles. The number of aromatic amines is 1. The van der Waals surface area contributed by atoms with E-state index in [1.807, 2.05) is 30.5 Å². The molecule has 6 rings (SSSR count). The van der Waals surface area contributed by atoms with Gasteiger partial charge in [0.15, 0.2) is 5.65 Å². The fourth-order valence-electron chi connectivity index (χ4n) is 5.26. The quantitative estimate of drug-likeness (QED) is 0.423. The van der Waals surface area contributed by atoms with Crippen molar-refractivity contribution in [2.45, 2.75) is 19.3 Å². The maximum Gasteiger partial charge on any atom is 0.249 e. The van der Waals surface area contributed by atoms with E-state index in [2.05, 4.69) is 15.0 Å². The molecule has 2 fully saturated rings. The second-order valence-electron chi connectivity index (χ2n) is 9.71. The molecule has 1 N–H and O–H groups in total. The molecule has 0 amide bonds. The zero-order chi connectivity index (χ0) is 25.6. The van der Waals surface area contributed by atoms with E-state index in [1.165, 1.54) is 15.2 Å². The van der Waals surface area contributed by atoms with E-state index in [4.69, 9.17) is 14.7 Å². The molecule has 2 saturated heterocycles. The van der Waals surface area contributed by atoms with Gasteiger partial charge in [0.1, 0.15) is 0 Å². The lowest BCUT2D eigenvalue weighted by atomic mass is 9.94. The molecular formula is C25H29N7O4S. The SMILES string of the molecule is CS(=O)(=O)N1CCC(CC(=O)n2ncc3c(-c4cccc5[nH]ccc45)nc(N4CCOCC4)nc32)CC1. The second-order valence-corrected chi connectivity index (χ2v) is 11.7. The predicted molar refractivity (Wildman–Crippen MR) is 140 cm³/mol. The third kappa shape index (κ3) is 4.60. The van der Waals surface area contributed by atoms with Crippen LogP contribution in [0.2, 0.25) is 0 Å². The summed E-state index contributed by atoms with van der Waals surface area (Å²) in [5.74, 6) is 0.498. The van der Waals surface area contributed by atoms with Crippen molar-refractivity contribution in [1.82, 2.24) is 29.0 Å².